The van der Waals surface area contributed by atoms with E-state index in [1.165, 1.54) is 0 Å². The van der Waals surface area contributed by atoms with Gasteiger partial charge in [-0.2, -0.15) is 0 Å². The fourth-order valence-corrected chi connectivity index (χ4v) is 2.72. The van der Waals surface area contributed by atoms with Crippen LogP contribution in [-0.4, -0.2) is 9.97 Å². The van der Waals surface area contributed by atoms with Crippen LogP contribution in [0, 0.1) is 11.6 Å². The first-order valence-corrected chi connectivity index (χ1v) is 8.26. The first-order chi connectivity index (χ1) is 13.1. The van der Waals surface area contributed by atoms with E-state index in [4.69, 9.17) is 4.74 Å². The molecule has 6 heteroatoms. The van der Waals surface area contributed by atoms with Crippen LogP contribution in [0.25, 0.3) is 22.3 Å². The summed E-state index contributed by atoms with van der Waals surface area (Å²) in [5, 5.41) is 0.000430. The molecule has 1 N–H and O–H groups in total. The SMILES string of the molecule is O=c1[nH]c(-c2ccc(OCc3ccccc3)cc2)nc2cc(F)c(F)cc12. The molecule has 0 saturated heterocycles. The number of ether oxygens (including phenoxy) is 1. The molecule has 0 saturated carbocycles. The molecule has 1 heterocycles. The average Bonchev–Trinajstić information content (AvgIpc) is 2.69. The van der Waals surface area contributed by atoms with E-state index in [1.54, 1.807) is 24.3 Å². The zero-order valence-corrected chi connectivity index (χ0v) is 14.1. The van der Waals surface area contributed by atoms with E-state index in [1.807, 2.05) is 30.3 Å². The highest BCUT2D eigenvalue weighted by molar-refractivity contribution is 5.79. The van der Waals surface area contributed by atoms with E-state index >= 15 is 0 Å². The zero-order valence-electron chi connectivity index (χ0n) is 14.1. The second kappa shape index (κ2) is 6.99. The Labute approximate surface area is 153 Å². The van der Waals surface area contributed by atoms with Gasteiger partial charge in [0.1, 0.15) is 18.2 Å². The molecular formula is C21H14F2N2O2. The average molecular weight is 364 g/mol. The van der Waals surface area contributed by atoms with Crippen molar-refractivity contribution >= 4 is 10.9 Å². The van der Waals surface area contributed by atoms with Gasteiger partial charge in [0.2, 0.25) is 0 Å². The third-order valence-electron chi connectivity index (χ3n) is 4.12. The third kappa shape index (κ3) is 3.55. The Kier molecular flexibility index (Phi) is 4.38. The number of benzene rings is 3. The normalized spacial score (nSPS) is 10.9. The van der Waals surface area contributed by atoms with Gasteiger partial charge in [-0.15, -0.1) is 0 Å². The number of hydrogen-bond acceptors (Lipinski definition) is 3. The van der Waals surface area contributed by atoms with Gasteiger partial charge in [-0.05, 0) is 35.9 Å². The van der Waals surface area contributed by atoms with Crippen molar-refractivity contribution in [3.05, 3.63) is 94.3 Å². The Morgan fingerprint density at radius 3 is 2.37 bits per heavy atom. The number of H-pyrrole nitrogens is 1. The maximum absolute atomic E-state index is 13.4. The minimum Gasteiger partial charge on any atom is -0.489 e. The smallest absolute Gasteiger partial charge is 0.259 e. The van der Waals surface area contributed by atoms with Crippen molar-refractivity contribution in [3.8, 4) is 17.1 Å². The highest BCUT2D eigenvalue weighted by Gasteiger charge is 2.11. The van der Waals surface area contributed by atoms with Crippen LogP contribution in [0.4, 0.5) is 8.78 Å². The standard InChI is InChI=1S/C21H14F2N2O2/c22-17-10-16-19(11-18(17)23)24-20(25-21(16)26)14-6-8-15(9-7-14)27-12-13-4-2-1-3-5-13/h1-11H,12H2,(H,24,25,26). The highest BCUT2D eigenvalue weighted by atomic mass is 19.2. The number of halogens is 2. The van der Waals surface area contributed by atoms with E-state index in [0.29, 0.717) is 17.9 Å². The van der Waals surface area contributed by atoms with Crippen molar-refractivity contribution in [2.45, 2.75) is 6.61 Å². The lowest BCUT2D eigenvalue weighted by Crippen LogP contribution is -2.10. The Hall–Kier alpha value is -3.54. The lowest BCUT2D eigenvalue weighted by atomic mass is 10.2. The maximum atomic E-state index is 13.4. The summed E-state index contributed by atoms with van der Waals surface area (Å²) in [4.78, 5) is 19.0. The largest absolute Gasteiger partial charge is 0.489 e. The Bertz CT molecular complexity index is 1160. The van der Waals surface area contributed by atoms with Crippen LogP contribution in [0.15, 0.2) is 71.5 Å². The second-order valence-corrected chi connectivity index (χ2v) is 6.00. The van der Waals surface area contributed by atoms with Crippen molar-refractivity contribution in [2.75, 3.05) is 0 Å². The molecule has 0 aliphatic rings. The fourth-order valence-electron chi connectivity index (χ4n) is 2.72. The third-order valence-corrected chi connectivity index (χ3v) is 4.12. The van der Waals surface area contributed by atoms with Gasteiger partial charge in [0.25, 0.3) is 5.56 Å². The molecule has 0 amide bonds. The van der Waals surface area contributed by atoms with Crippen LogP contribution in [0.3, 0.4) is 0 Å². The summed E-state index contributed by atoms with van der Waals surface area (Å²) in [6.07, 6.45) is 0. The molecule has 0 spiro atoms. The van der Waals surface area contributed by atoms with E-state index in [9.17, 15) is 13.6 Å². The van der Waals surface area contributed by atoms with Crippen molar-refractivity contribution in [1.29, 1.82) is 0 Å². The van der Waals surface area contributed by atoms with E-state index in [2.05, 4.69) is 9.97 Å². The number of nitrogens with one attached hydrogen (secondary N) is 1. The number of aromatic nitrogens is 2. The molecule has 134 valence electrons. The van der Waals surface area contributed by atoms with Crippen LogP contribution in [0.1, 0.15) is 5.56 Å². The Morgan fingerprint density at radius 1 is 0.926 bits per heavy atom. The molecule has 0 aliphatic carbocycles. The Morgan fingerprint density at radius 2 is 1.63 bits per heavy atom. The molecule has 4 rings (SSSR count). The number of aromatic amines is 1. The predicted octanol–water partition coefficient (Wildman–Crippen LogP) is 4.45. The quantitative estimate of drug-likeness (QED) is 0.582. The first-order valence-electron chi connectivity index (χ1n) is 8.26. The van der Waals surface area contributed by atoms with Gasteiger partial charge in [0.05, 0.1) is 10.9 Å². The van der Waals surface area contributed by atoms with Crippen LogP contribution < -0.4 is 10.3 Å². The Balaban J connectivity index is 1.60. The summed E-state index contributed by atoms with van der Waals surface area (Å²) >= 11 is 0. The molecule has 1 aromatic heterocycles. The molecule has 4 aromatic rings. The molecule has 3 aromatic carbocycles. The molecule has 0 bridgehead atoms. The summed E-state index contributed by atoms with van der Waals surface area (Å²) in [6, 6.07) is 18.5. The predicted molar refractivity (Wildman–Crippen MR) is 98.5 cm³/mol. The minimum absolute atomic E-state index is 0.000430. The topological polar surface area (TPSA) is 55.0 Å². The molecule has 0 atom stereocenters. The highest BCUT2D eigenvalue weighted by Crippen LogP contribution is 2.21. The monoisotopic (exact) mass is 364 g/mol. The van der Waals surface area contributed by atoms with Crippen LogP contribution in [-0.2, 0) is 6.61 Å². The van der Waals surface area contributed by atoms with Crippen LogP contribution in [0.5, 0.6) is 5.75 Å². The van der Waals surface area contributed by atoms with Gasteiger partial charge in [-0.25, -0.2) is 13.8 Å². The zero-order chi connectivity index (χ0) is 18.8. The van der Waals surface area contributed by atoms with E-state index in [0.717, 1.165) is 17.7 Å². The summed E-state index contributed by atoms with van der Waals surface area (Å²) in [5.74, 6) is -1.19. The van der Waals surface area contributed by atoms with Gasteiger partial charge >= 0.3 is 0 Å². The maximum Gasteiger partial charge on any atom is 0.259 e. The molecule has 27 heavy (non-hydrogen) atoms. The second-order valence-electron chi connectivity index (χ2n) is 6.00. The summed E-state index contributed by atoms with van der Waals surface area (Å²) in [7, 11) is 0. The molecule has 0 fully saturated rings. The summed E-state index contributed by atoms with van der Waals surface area (Å²) < 4.78 is 32.5. The van der Waals surface area contributed by atoms with Crippen molar-refractivity contribution < 1.29 is 13.5 Å². The number of rotatable bonds is 4. The lowest BCUT2D eigenvalue weighted by Gasteiger charge is -2.08. The van der Waals surface area contributed by atoms with E-state index in [-0.39, 0.29) is 16.7 Å². The van der Waals surface area contributed by atoms with Gasteiger partial charge in [0.15, 0.2) is 11.6 Å². The number of hydrogen-bond donors (Lipinski definition) is 1. The first kappa shape index (κ1) is 16.9. The molecule has 4 nitrogen and oxygen atoms in total. The molecule has 0 aliphatic heterocycles. The van der Waals surface area contributed by atoms with Gasteiger partial charge in [-0.3, -0.25) is 4.79 Å². The van der Waals surface area contributed by atoms with Crippen molar-refractivity contribution in [3.63, 3.8) is 0 Å². The number of nitrogens with zero attached hydrogens (tertiary/aromatic N) is 1. The van der Waals surface area contributed by atoms with Gasteiger partial charge in [0, 0.05) is 11.6 Å². The van der Waals surface area contributed by atoms with Crippen LogP contribution >= 0.6 is 0 Å². The van der Waals surface area contributed by atoms with Crippen molar-refractivity contribution in [1.82, 2.24) is 9.97 Å². The lowest BCUT2D eigenvalue weighted by molar-refractivity contribution is 0.306. The molecular weight excluding hydrogens is 350 g/mol. The minimum atomic E-state index is -1.08. The molecule has 0 radical (unpaired) electrons. The van der Waals surface area contributed by atoms with Crippen LogP contribution in [0.2, 0.25) is 0 Å². The van der Waals surface area contributed by atoms with Gasteiger partial charge in [-0.1, -0.05) is 30.3 Å². The molecule has 0 unspecified atom stereocenters. The van der Waals surface area contributed by atoms with E-state index < -0.39 is 17.2 Å². The van der Waals surface area contributed by atoms with Crippen molar-refractivity contribution in [2.24, 2.45) is 0 Å². The number of fused-ring (bicyclic) bond motifs is 1. The summed E-state index contributed by atoms with van der Waals surface area (Å²) in [6.45, 7) is 0.441. The summed E-state index contributed by atoms with van der Waals surface area (Å²) in [5.41, 5.74) is 1.25. The fraction of sp³-hybridized carbons (Fsp3) is 0.0476. The van der Waals surface area contributed by atoms with Gasteiger partial charge < -0.3 is 9.72 Å².